The molecule has 4 aromatic rings. The van der Waals surface area contributed by atoms with Crippen LogP contribution in [-0.2, 0) is 11.3 Å². The van der Waals surface area contributed by atoms with Crippen molar-refractivity contribution in [2.24, 2.45) is 0 Å². The average Bonchev–Trinajstić information content (AvgIpc) is 3.11. The standard InChI is InChI=1S/C24H23N5O4/c1-15-5-4-6-16(2)22(15)26-21(30)14-29-24(32)28-13-17(7-12-20(28)27-29)23(31)25-18-8-10-19(33-3)11-9-18/h4-13H,14H2,1-3H3,(H,25,31)(H,26,30). The Kier molecular flexibility index (Phi) is 5.95. The molecule has 0 atom stereocenters. The summed E-state index contributed by atoms with van der Waals surface area (Å²) in [5.41, 5.74) is 3.27. The lowest BCUT2D eigenvalue weighted by Gasteiger charge is -2.10. The molecule has 0 spiro atoms. The van der Waals surface area contributed by atoms with Gasteiger partial charge in [0.05, 0.1) is 12.7 Å². The predicted octanol–water partition coefficient (Wildman–Crippen LogP) is 3.01. The van der Waals surface area contributed by atoms with Gasteiger partial charge in [0, 0.05) is 17.6 Å². The number of ether oxygens (including phenoxy) is 1. The van der Waals surface area contributed by atoms with Gasteiger partial charge in [0.2, 0.25) is 5.91 Å². The maximum atomic E-state index is 12.8. The first-order valence-corrected chi connectivity index (χ1v) is 10.3. The van der Waals surface area contributed by atoms with Crippen molar-refractivity contribution >= 4 is 28.8 Å². The van der Waals surface area contributed by atoms with Crippen LogP contribution in [0.1, 0.15) is 21.5 Å². The van der Waals surface area contributed by atoms with Gasteiger partial charge in [-0.3, -0.25) is 9.59 Å². The molecule has 0 aliphatic carbocycles. The van der Waals surface area contributed by atoms with E-state index in [1.165, 1.54) is 10.6 Å². The molecule has 2 aromatic carbocycles. The Morgan fingerprint density at radius 3 is 2.33 bits per heavy atom. The first-order chi connectivity index (χ1) is 15.9. The fraction of sp³-hybridized carbons (Fsp3) is 0.167. The third-order valence-corrected chi connectivity index (χ3v) is 5.23. The molecule has 0 aliphatic heterocycles. The van der Waals surface area contributed by atoms with E-state index in [1.807, 2.05) is 32.0 Å². The molecule has 0 bridgehead atoms. The van der Waals surface area contributed by atoms with Crippen molar-refractivity contribution in [2.75, 3.05) is 17.7 Å². The maximum Gasteiger partial charge on any atom is 0.350 e. The molecule has 2 aromatic heterocycles. The third kappa shape index (κ3) is 4.62. The number of carbonyl (C=O) groups is 2. The highest BCUT2D eigenvalue weighted by atomic mass is 16.5. The fourth-order valence-corrected chi connectivity index (χ4v) is 3.46. The number of para-hydroxylation sites is 1. The Balaban J connectivity index is 1.52. The number of fused-ring (bicyclic) bond motifs is 1. The summed E-state index contributed by atoms with van der Waals surface area (Å²) in [6.45, 7) is 3.55. The molecule has 168 valence electrons. The molecule has 4 rings (SSSR count). The first-order valence-electron chi connectivity index (χ1n) is 10.3. The summed E-state index contributed by atoms with van der Waals surface area (Å²) in [7, 11) is 1.56. The van der Waals surface area contributed by atoms with E-state index in [-0.39, 0.29) is 23.9 Å². The molecule has 9 nitrogen and oxygen atoms in total. The highest BCUT2D eigenvalue weighted by molar-refractivity contribution is 6.04. The van der Waals surface area contributed by atoms with Crippen molar-refractivity contribution in [3.63, 3.8) is 0 Å². The minimum Gasteiger partial charge on any atom is -0.497 e. The number of methoxy groups -OCH3 is 1. The van der Waals surface area contributed by atoms with Crippen molar-refractivity contribution in [1.29, 1.82) is 0 Å². The number of hydrogen-bond donors (Lipinski definition) is 2. The van der Waals surface area contributed by atoms with Crippen LogP contribution in [0.2, 0.25) is 0 Å². The topological polar surface area (TPSA) is 107 Å². The van der Waals surface area contributed by atoms with Crippen LogP contribution in [0.3, 0.4) is 0 Å². The Hall–Kier alpha value is -4.40. The molecule has 2 N–H and O–H groups in total. The quantitative estimate of drug-likeness (QED) is 0.475. The molecule has 9 heteroatoms. The molecule has 33 heavy (non-hydrogen) atoms. The summed E-state index contributed by atoms with van der Waals surface area (Å²) in [4.78, 5) is 38.0. The molecule has 0 unspecified atom stereocenters. The van der Waals surface area contributed by atoms with Gasteiger partial charge in [-0.2, -0.15) is 0 Å². The minimum atomic E-state index is -0.513. The van der Waals surface area contributed by atoms with Gasteiger partial charge in [-0.25, -0.2) is 13.9 Å². The SMILES string of the molecule is COc1ccc(NC(=O)c2ccc3nn(CC(=O)Nc4c(C)cccc4C)c(=O)n3c2)cc1. The maximum absolute atomic E-state index is 12.8. The average molecular weight is 445 g/mol. The molecular formula is C24H23N5O4. The van der Waals surface area contributed by atoms with Crippen molar-refractivity contribution in [2.45, 2.75) is 20.4 Å². The Labute approximate surface area is 189 Å². The van der Waals surface area contributed by atoms with E-state index in [1.54, 1.807) is 43.5 Å². The van der Waals surface area contributed by atoms with Crippen molar-refractivity contribution in [1.82, 2.24) is 14.2 Å². The van der Waals surface area contributed by atoms with Crippen LogP contribution in [0.25, 0.3) is 5.65 Å². The molecule has 0 radical (unpaired) electrons. The number of hydrogen-bond acceptors (Lipinski definition) is 5. The van der Waals surface area contributed by atoms with Crippen LogP contribution in [-0.4, -0.2) is 33.1 Å². The van der Waals surface area contributed by atoms with Crippen LogP contribution in [0.5, 0.6) is 5.75 Å². The van der Waals surface area contributed by atoms with Gasteiger partial charge < -0.3 is 15.4 Å². The number of amides is 2. The molecule has 2 heterocycles. The number of aryl methyl sites for hydroxylation is 2. The van der Waals surface area contributed by atoms with Gasteiger partial charge in [0.25, 0.3) is 5.91 Å². The lowest BCUT2D eigenvalue weighted by Crippen LogP contribution is -2.28. The van der Waals surface area contributed by atoms with Gasteiger partial charge in [0.1, 0.15) is 12.3 Å². The largest absolute Gasteiger partial charge is 0.497 e. The molecule has 0 saturated heterocycles. The first kappa shape index (κ1) is 21.8. The van der Waals surface area contributed by atoms with Crippen molar-refractivity contribution in [3.05, 3.63) is 88.0 Å². The Morgan fingerprint density at radius 2 is 1.67 bits per heavy atom. The van der Waals surface area contributed by atoms with E-state index in [0.717, 1.165) is 21.5 Å². The van der Waals surface area contributed by atoms with Crippen molar-refractivity contribution < 1.29 is 14.3 Å². The monoisotopic (exact) mass is 445 g/mol. The third-order valence-electron chi connectivity index (χ3n) is 5.23. The molecule has 0 aliphatic rings. The number of anilines is 2. The Morgan fingerprint density at radius 1 is 0.970 bits per heavy atom. The fourth-order valence-electron chi connectivity index (χ4n) is 3.46. The van der Waals surface area contributed by atoms with Crippen LogP contribution < -0.4 is 21.1 Å². The number of rotatable bonds is 6. The number of pyridine rings is 1. The summed E-state index contributed by atoms with van der Waals surface area (Å²) in [6, 6.07) is 15.7. The minimum absolute atomic E-state index is 0.248. The van der Waals surface area contributed by atoms with Crippen LogP contribution in [0.15, 0.2) is 65.6 Å². The zero-order valence-corrected chi connectivity index (χ0v) is 18.5. The summed E-state index contributed by atoms with van der Waals surface area (Å²) in [5, 5.41) is 9.81. The van der Waals surface area contributed by atoms with Crippen LogP contribution in [0.4, 0.5) is 11.4 Å². The van der Waals surface area contributed by atoms with E-state index in [2.05, 4.69) is 15.7 Å². The summed E-state index contributed by atoms with van der Waals surface area (Å²) >= 11 is 0. The number of nitrogens with one attached hydrogen (secondary N) is 2. The molecule has 0 saturated carbocycles. The molecule has 0 fully saturated rings. The second-order valence-corrected chi connectivity index (χ2v) is 7.58. The zero-order chi connectivity index (χ0) is 23.5. The van der Waals surface area contributed by atoms with E-state index in [9.17, 15) is 14.4 Å². The summed E-state index contributed by atoms with van der Waals surface area (Å²) < 4.78 is 7.42. The van der Waals surface area contributed by atoms with Gasteiger partial charge in [-0.05, 0) is 61.4 Å². The number of nitrogens with zero attached hydrogens (tertiary/aromatic N) is 3. The highest BCUT2D eigenvalue weighted by Crippen LogP contribution is 2.19. The molecular weight excluding hydrogens is 422 g/mol. The van der Waals surface area contributed by atoms with Crippen molar-refractivity contribution in [3.8, 4) is 5.75 Å². The van der Waals surface area contributed by atoms with Crippen LogP contribution in [0, 0.1) is 13.8 Å². The highest BCUT2D eigenvalue weighted by Gasteiger charge is 2.15. The van der Waals surface area contributed by atoms with E-state index < -0.39 is 5.69 Å². The lowest BCUT2D eigenvalue weighted by molar-refractivity contribution is -0.117. The molecule has 2 amide bonds. The van der Waals surface area contributed by atoms with E-state index in [0.29, 0.717) is 17.1 Å². The summed E-state index contributed by atoms with van der Waals surface area (Å²) in [6.07, 6.45) is 1.41. The number of aromatic nitrogens is 3. The van der Waals surface area contributed by atoms with Gasteiger partial charge in [-0.1, -0.05) is 18.2 Å². The number of carbonyl (C=O) groups excluding carboxylic acids is 2. The normalized spacial score (nSPS) is 10.8. The number of benzene rings is 2. The Bertz CT molecular complexity index is 1380. The predicted molar refractivity (Wildman–Crippen MR) is 125 cm³/mol. The summed E-state index contributed by atoms with van der Waals surface area (Å²) in [5.74, 6) is -0.0696. The van der Waals surface area contributed by atoms with E-state index >= 15 is 0 Å². The van der Waals surface area contributed by atoms with Gasteiger partial charge in [0.15, 0.2) is 5.65 Å². The van der Waals surface area contributed by atoms with Gasteiger partial charge in [-0.15, -0.1) is 5.10 Å². The second-order valence-electron chi connectivity index (χ2n) is 7.58. The smallest absolute Gasteiger partial charge is 0.350 e. The second kappa shape index (κ2) is 8.99. The van der Waals surface area contributed by atoms with E-state index in [4.69, 9.17) is 4.74 Å². The van der Waals surface area contributed by atoms with Gasteiger partial charge >= 0.3 is 5.69 Å². The van der Waals surface area contributed by atoms with Crippen LogP contribution >= 0.6 is 0 Å². The lowest BCUT2D eigenvalue weighted by atomic mass is 10.1. The zero-order valence-electron chi connectivity index (χ0n) is 18.5.